The second-order valence-electron chi connectivity index (χ2n) is 4.99. The zero-order valence-electron chi connectivity index (χ0n) is 12.2. The second kappa shape index (κ2) is 6.01. The van der Waals surface area contributed by atoms with E-state index in [0.717, 1.165) is 5.56 Å². The summed E-state index contributed by atoms with van der Waals surface area (Å²) in [6.07, 6.45) is 1.38. The van der Waals surface area contributed by atoms with E-state index in [2.05, 4.69) is 31.0 Å². The van der Waals surface area contributed by atoms with Crippen LogP contribution in [-0.2, 0) is 0 Å². The lowest BCUT2D eigenvalue weighted by Gasteiger charge is -2.10. The zero-order valence-corrected chi connectivity index (χ0v) is 13.8. The van der Waals surface area contributed by atoms with Gasteiger partial charge in [0, 0.05) is 16.1 Å². The summed E-state index contributed by atoms with van der Waals surface area (Å²) in [5.41, 5.74) is 1.58. The summed E-state index contributed by atoms with van der Waals surface area (Å²) in [7, 11) is 0. The molecule has 0 aliphatic heterocycles. The van der Waals surface area contributed by atoms with Gasteiger partial charge < -0.3 is 4.74 Å². The molecule has 0 bridgehead atoms. The van der Waals surface area contributed by atoms with Crippen LogP contribution >= 0.6 is 15.9 Å². The third-order valence-electron chi connectivity index (χ3n) is 3.40. The fraction of sp³-hybridized carbons (Fsp3) is 0. The second-order valence-corrected chi connectivity index (χ2v) is 5.91. The third kappa shape index (κ3) is 2.74. The average Bonchev–Trinajstić information content (AvgIpc) is 3.07. The Labute approximate surface area is 144 Å². The number of hydrogen-bond donors (Lipinski definition) is 0. The lowest BCUT2D eigenvalue weighted by Crippen LogP contribution is -2.00. The van der Waals surface area contributed by atoms with Crippen molar-refractivity contribution in [1.29, 1.82) is 0 Å². The lowest BCUT2D eigenvalue weighted by molar-refractivity contribution is 0.415. The Hall–Kier alpha value is -2.80. The summed E-state index contributed by atoms with van der Waals surface area (Å²) in [4.78, 5) is 8.56. The Morgan fingerprint density at radius 3 is 2.67 bits per heavy atom. The molecule has 0 atom stereocenters. The van der Waals surface area contributed by atoms with Crippen LogP contribution in [0.25, 0.3) is 17.0 Å². The van der Waals surface area contributed by atoms with Crippen LogP contribution in [0.1, 0.15) is 0 Å². The summed E-state index contributed by atoms with van der Waals surface area (Å²) in [6.45, 7) is 0. The third-order valence-corrected chi connectivity index (χ3v) is 3.89. The molecule has 0 saturated heterocycles. The molecule has 0 spiro atoms. The summed E-state index contributed by atoms with van der Waals surface area (Å²) in [5.74, 6) is 0.331. The maximum atomic E-state index is 14.1. The SMILES string of the molecule is Fc1cc(Br)ccc1Oc1cc(-c2ccccc2)nc2ncnn12. The van der Waals surface area contributed by atoms with Crippen molar-refractivity contribution >= 4 is 21.7 Å². The van der Waals surface area contributed by atoms with E-state index in [0.29, 0.717) is 21.8 Å². The molecule has 2 aromatic heterocycles. The van der Waals surface area contributed by atoms with Gasteiger partial charge in [0.15, 0.2) is 11.6 Å². The highest BCUT2D eigenvalue weighted by Crippen LogP contribution is 2.29. The van der Waals surface area contributed by atoms with Gasteiger partial charge in [-0.1, -0.05) is 46.3 Å². The van der Waals surface area contributed by atoms with Gasteiger partial charge in [0.25, 0.3) is 5.78 Å². The number of ether oxygens (including phenoxy) is 1. The van der Waals surface area contributed by atoms with Crippen LogP contribution in [0.3, 0.4) is 0 Å². The number of hydrogen-bond acceptors (Lipinski definition) is 4. The topological polar surface area (TPSA) is 52.3 Å². The van der Waals surface area contributed by atoms with E-state index < -0.39 is 5.82 Å². The number of nitrogens with zero attached hydrogens (tertiary/aromatic N) is 4. The summed E-state index contributed by atoms with van der Waals surface area (Å²) < 4.78 is 21.9. The minimum absolute atomic E-state index is 0.0974. The van der Waals surface area contributed by atoms with Crippen molar-refractivity contribution in [3.05, 3.63) is 71.2 Å². The predicted molar refractivity (Wildman–Crippen MR) is 90.4 cm³/mol. The Bertz CT molecular complexity index is 1020. The molecule has 24 heavy (non-hydrogen) atoms. The summed E-state index contributed by atoms with van der Waals surface area (Å²) in [5, 5.41) is 4.08. The molecule has 0 fully saturated rings. The maximum Gasteiger partial charge on any atom is 0.255 e. The van der Waals surface area contributed by atoms with E-state index in [1.807, 2.05) is 30.3 Å². The van der Waals surface area contributed by atoms with Gasteiger partial charge >= 0.3 is 0 Å². The average molecular weight is 385 g/mol. The Morgan fingerprint density at radius 2 is 1.88 bits per heavy atom. The number of rotatable bonds is 3. The predicted octanol–water partition coefficient (Wildman–Crippen LogP) is 4.49. The van der Waals surface area contributed by atoms with E-state index in [4.69, 9.17) is 4.74 Å². The van der Waals surface area contributed by atoms with E-state index in [9.17, 15) is 4.39 Å². The van der Waals surface area contributed by atoms with Gasteiger partial charge in [-0.05, 0) is 18.2 Å². The highest BCUT2D eigenvalue weighted by atomic mass is 79.9. The molecule has 0 N–H and O–H groups in total. The molecule has 2 aromatic carbocycles. The van der Waals surface area contributed by atoms with E-state index in [-0.39, 0.29) is 5.75 Å². The van der Waals surface area contributed by atoms with Gasteiger partial charge in [0.1, 0.15) is 6.33 Å². The smallest absolute Gasteiger partial charge is 0.255 e. The van der Waals surface area contributed by atoms with Crippen molar-refractivity contribution in [3.8, 4) is 22.9 Å². The van der Waals surface area contributed by atoms with Crippen LogP contribution < -0.4 is 4.74 Å². The molecule has 2 heterocycles. The molecule has 0 radical (unpaired) electrons. The van der Waals surface area contributed by atoms with Crippen molar-refractivity contribution in [2.24, 2.45) is 0 Å². The molecule has 0 saturated carbocycles. The zero-order chi connectivity index (χ0) is 16.5. The van der Waals surface area contributed by atoms with Gasteiger partial charge in [0.2, 0.25) is 5.88 Å². The first-order chi connectivity index (χ1) is 11.7. The van der Waals surface area contributed by atoms with Crippen LogP contribution in [0.5, 0.6) is 11.6 Å². The molecule has 0 unspecified atom stereocenters. The van der Waals surface area contributed by atoms with Crippen molar-refractivity contribution in [2.45, 2.75) is 0 Å². The van der Waals surface area contributed by atoms with E-state index in [1.165, 1.54) is 16.9 Å². The van der Waals surface area contributed by atoms with Crippen LogP contribution in [0.4, 0.5) is 4.39 Å². The molecular formula is C17H10BrFN4O. The van der Waals surface area contributed by atoms with Crippen molar-refractivity contribution in [1.82, 2.24) is 19.6 Å². The fourth-order valence-corrected chi connectivity index (χ4v) is 2.62. The number of aromatic nitrogens is 4. The summed E-state index contributed by atoms with van der Waals surface area (Å²) in [6, 6.07) is 15.9. The van der Waals surface area contributed by atoms with E-state index >= 15 is 0 Å². The normalized spacial score (nSPS) is 10.9. The molecule has 0 aliphatic rings. The Kier molecular flexibility index (Phi) is 3.70. The molecule has 5 nitrogen and oxygen atoms in total. The molecule has 0 aliphatic carbocycles. The number of benzene rings is 2. The minimum atomic E-state index is -0.476. The minimum Gasteiger partial charge on any atom is -0.436 e. The quantitative estimate of drug-likeness (QED) is 0.522. The first-order valence-electron chi connectivity index (χ1n) is 7.10. The Morgan fingerprint density at radius 1 is 1.04 bits per heavy atom. The summed E-state index contributed by atoms with van der Waals surface area (Å²) >= 11 is 3.22. The van der Waals surface area contributed by atoms with E-state index in [1.54, 1.807) is 18.2 Å². The van der Waals surface area contributed by atoms with Crippen molar-refractivity contribution < 1.29 is 9.13 Å². The van der Waals surface area contributed by atoms with Crippen molar-refractivity contribution in [2.75, 3.05) is 0 Å². The van der Waals surface area contributed by atoms with Gasteiger partial charge in [-0.25, -0.2) is 9.37 Å². The van der Waals surface area contributed by atoms with Crippen molar-refractivity contribution in [3.63, 3.8) is 0 Å². The monoisotopic (exact) mass is 384 g/mol. The van der Waals surface area contributed by atoms with Gasteiger partial charge in [0.05, 0.1) is 5.69 Å². The number of fused-ring (bicyclic) bond motifs is 1. The van der Waals surface area contributed by atoms with Crippen LogP contribution in [0.15, 0.2) is 65.4 Å². The Balaban J connectivity index is 1.83. The molecule has 7 heteroatoms. The van der Waals surface area contributed by atoms with Gasteiger partial charge in [-0.3, -0.25) is 0 Å². The standard InChI is InChI=1S/C17H10BrFN4O/c18-12-6-7-15(13(19)8-12)24-16-9-14(11-4-2-1-3-5-11)22-17-20-10-21-23(16)17/h1-10H. The molecular weight excluding hydrogens is 375 g/mol. The highest BCUT2D eigenvalue weighted by Gasteiger charge is 2.13. The maximum absolute atomic E-state index is 14.1. The molecule has 4 aromatic rings. The van der Waals surface area contributed by atoms with Crippen LogP contribution in [-0.4, -0.2) is 19.6 Å². The number of halogens is 2. The molecule has 118 valence electrons. The fourth-order valence-electron chi connectivity index (χ4n) is 2.29. The van der Waals surface area contributed by atoms with Gasteiger partial charge in [-0.2, -0.15) is 14.6 Å². The van der Waals surface area contributed by atoms with Crippen LogP contribution in [0, 0.1) is 5.82 Å². The van der Waals surface area contributed by atoms with Crippen LogP contribution in [0.2, 0.25) is 0 Å². The highest BCUT2D eigenvalue weighted by molar-refractivity contribution is 9.10. The first-order valence-corrected chi connectivity index (χ1v) is 7.89. The first kappa shape index (κ1) is 14.8. The largest absolute Gasteiger partial charge is 0.436 e. The van der Waals surface area contributed by atoms with Gasteiger partial charge in [-0.15, -0.1) is 0 Å². The lowest BCUT2D eigenvalue weighted by atomic mass is 10.1. The molecule has 0 amide bonds. The molecule has 4 rings (SSSR count).